The highest BCUT2D eigenvalue weighted by molar-refractivity contribution is 9.10. The molecule has 1 amide bonds. The van der Waals surface area contributed by atoms with E-state index in [1.807, 2.05) is 11.9 Å². The molecule has 1 unspecified atom stereocenters. The maximum absolute atomic E-state index is 11.9. The Morgan fingerprint density at radius 1 is 1.39 bits per heavy atom. The van der Waals surface area contributed by atoms with Gasteiger partial charge in [-0.2, -0.15) is 0 Å². The van der Waals surface area contributed by atoms with Crippen molar-refractivity contribution >= 4 is 21.8 Å². The minimum atomic E-state index is 0.136. The summed E-state index contributed by atoms with van der Waals surface area (Å²) in [6, 6.07) is 6.98. The third-order valence-electron chi connectivity index (χ3n) is 4.82. The fraction of sp³-hybridized carbons (Fsp3) is 0.533. The van der Waals surface area contributed by atoms with Gasteiger partial charge in [-0.1, -0.05) is 28.9 Å². The molecule has 0 bridgehead atoms. The third kappa shape index (κ3) is 1.63. The van der Waals surface area contributed by atoms with Crippen LogP contribution in [0.15, 0.2) is 22.7 Å². The number of hydrogen-bond donors (Lipinski definition) is 0. The van der Waals surface area contributed by atoms with Gasteiger partial charge in [0.1, 0.15) is 0 Å². The number of likely N-dealkylation sites (N-methyl/N-ethyl adjacent to an activating group) is 1. The summed E-state index contributed by atoms with van der Waals surface area (Å²) in [5, 5.41) is 0. The van der Waals surface area contributed by atoms with Crippen LogP contribution in [0.5, 0.6) is 0 Å². The summed E-state index contributed by atoms with van der Waals surface area (Å²) < 4.78 is 1.16. The van der Waals surface area contributed by atoms with Crippen LogP contribution in [0.3, 0.4) is 0 Å². The summed E-state index contributed by atoms with van der Waals surface area (Å²) in [5.41, 5.74) is 3.03. The molecule has 1 aliphatic heterocycles. The monoisotopic (exact) mass is 307 g/mol. The number of piperidine rings is 1. The highest BCUT2D eigenvalue weighted by Crippen LogP contribution is 2.45. The molecule has 3 heteroatoms. The van der Waals surface area contributed by atoms with Crippen molar-refractivity contribution in [1.82, 2.24) is 4.90 Å². The molecule has 1 aliphatic carbocycles. The van der Waals surface area contributed by atoms with E-state index in [1.54, 1.807) is 0 Å². The molecule has 1 aromatic rings. The summed E-state index contributed by atoms with van der Waals surface area (Å²) in [6.07, 6.45) is 3.82. The lowest BCUT2D eigenvalue weighted by Crippen LogP contribution is -2.56. The number of rotatable bonds is 0. The Hall–Kier alpha value is -0.830. The Morgan fingerprint density at radius 2 is 2.17 bits per heavy atom. The third-order valence-corrected chi connectivity index (χ3v) is 5.32. The van der Waals surface area contributed by atoms with E-state index in [4.69, 9.17) is 0 Å². The van der Waals surface area contributed by atoms with Gasteiger partial charge < -0.3 is 4.90 Å². The number of carbonyl (C=O) groups excluding carboxylic acids is 1. The highest BCUT2D eigenvalue weighted by atomic mass is 79.9. The van der Waals surface area contributed by atoms with Crippen molar-refractivity contribution in [2.45, 2.75) is 44.1 Å². The number of amides is 1. The Morgan fingerprint density at radius 3 is 2.94 bits per heavy atom. The smallest absolute Gasteiger partial charge is 0.222 e. The van der Waals surface area contributed by atoms with Gasteiger partial charge in [0.2, 0.25) is 5.91 Å². The minimum absolute atomic E-state index is 0.136. The molecule has 0 radical (unpaired) electrons. The van der Waals surface area contributed by atoms with Crippen molar-refractivity contribution < 1.29 is 4.79 Å². The maximum atomic E-state index is 11.9. The molecule has 1 fully saturated rings. The first kappa shape index (κ1) is 12.2. The number of aryl methyl sites for hydroxylation is 1. The number of carbonyl (C=O) groups is 1. The molecular weight excluding hydrogens is 290 g/mol. The first-order valence-corrected chi connectivity index (χ1v) is 7.36. The Balaban J connectivity index is 2.09. The molecule has 96 valence electrons. The second-order valence-electron chi connectivity index (χ2n) is 5.78. The molecule has 1 aromatic carbocycles. The van der Waals surface area contributed by atoms with Crippen LogP contribution in [0.2, 0.25) is 0 Å². The lowest BCUT2D eigenvalue weighted by molar-refractivity contribution is -0.138. The van der Waals surface area contributed by atoms with Crippen LogP contribution in [0.25, 0.3) is 0 Å². The van der Waals surface area contributed by atoms with Crippen molar-refractivity contribution in [2.75, 3.05) is 7.05 Å². The molecule has 1 saturated heterocycles. The van der Waals surface area contributed by atoms with Crippen molar-refractivity contribution in [1.29, 1.82) is 0 Å². The molecule has 18 heavy (non-hydrogen) atoms. The van der Waals surface area contributed by atoms with Gasteiger partial charge in [-0.15, -0.1) is 0 Å². The lowest BCUT2D eigenvalue weighted by Gasteiger charge is -2.50. The van der Waals surface area contributed by atoms with E-state index in [-0.39, 0.29) is 5.41 Å². The number of likely N-dealkylation sites (tertiary alicyclic amines) is 1. The summed E-state index contributed by atoms with van der Waals surface area (Å²) in [6.45, 7) is 2.33. The van der Waals surface area contributed by atoms with Crippen molar-refractivity contribution in [3.8, 4) is 0 Å². The molecule has 2 nitrogen and oxygen atoms in total. The van der Waals surface area contributed by atoms with Gasteiger partial charge in [-0.3, -0.25) is 4.79 Å². The van der Waals surface area contributed by atoms with Crippen LogP contribution in [0.4, 0.5) is 0 Å². The SMILES string of the molecule is CN1C(=O)CCC2(C)c3ccc(Br)cc3CC[C@@H]12. The molecule has 3 rings (SSSR count). The van der Waals surface area contributed by atoms with E-state index in [0.717, 1.165) is 23.7 Å². The molecule has 0 aromatic heterocycles. The van der Waals surface area contributed by atoms with Gasteiger partial charge >= 0.3 is 0 Å². The summed E-state index contributed by atoms with van der Waals surface area (Å²) in [4.78, 5) is 13.9. The largest absolute Gasteiger partial charge is 0.342 e. The second kappa shape index (κ2) is 4.09. The lowest BCUT2D eigenvalue weighted by atomic mass is 9.63. The summed E-state index contributed by atoms with van der Waals surface area (Å²) >= 11 is 3.55. The van der Waals surface area contributed by atoms with Gasteiger partial charge in [0.15, 0.2) is 0 Å². The zero-order valence-electron chi connectivity index (χ0n) is 10.9. The predicted octanol–water partition coefficient (Wildman–Crippen LogP) is 3.27. The van der Waals surface area contributed by atoms with E-state index in [1.165, 1.54) is 11.1 Å². The van der Waals surface area contributed by atoms with E-state index in [9.17, 15) is 4.79 Å². The van der Waals surface area contributed by atoms with Crippen LogP contribution < -0.4 is 0 Å². The van der Waals surface area contributed by atoms with Crippen LogP contribution in [-0.2, 0) is 16.6 Å². The molecule has 0 N–H and O–H groups in total. The molecule has 0 saturated carbocycles. The van der Waals surface area contributed by atoms with Crippen LogP contribution in [0, 0.1) is 0 Å². The van der Waals surface area contributed by atoms with Gasteiger partial charge in [-0.05, 0) is 42.5 Å². The van der Waals surface area contributed by atoms with Crippen molar-refractivity contribution in [3.63, 3.8) is 0 Å². The van der Waals surface area contributed by atoms with Crippen LogP contribution >= 0.6 is 15.9 Å². The van der Waals surface area contributed by atoms with E-state index in [0.29, 0.717) is 18.4 Å². The van der Waals surface area contributed by atoms with Gasteiger partial charge in [0.05, 0.1) is 0 Å². The molecule has 1 heterocycles. The number of benzene rings is 1. The zero-order valence-corrected chi connectivity index (χ0v) is 12.5. The number of halogens is 1. The van der Waals surface area contributed by atoms with Crippen molar-refractivity contribution in [2.24, 2.45) is 0 Å². The number of fused-ring (bicyclic) bond motifs is 3. The van der Waals surface area contributed by atoms with Crippen molar-refractivity contribution in [3.05, 3.63) is 33.8 Å². The second-order valence-corrected chi connectivity index (χ2v) is 6.69. The fourth-order valence-corrected chi connectivity index (χ4v) is 4.16. The standard InChI is InChI=1S/C15H18BrNO/c1-15-8-7-14(18)17(2)13(15)6-3-10-9-11(16)4-5-12(10)15/h4-5,9,13H,3,6-8H2,1-2H3/t13-,15?/m1/s1. The van der Waals surface area contributed by atoms with Crippen LogP contribution in [0.1, 0.15) is 37.3 Å². The zero-order chi connectivity index (χ0) is 12.9. The van der Waals surface area contributed by atoms with E-state index >= 15 is 0 Å². The van der Waals surface area contributed by atoms with Gasteiger partial charge in [0.25, 0.3) is 0 Å². The van der Waals surface area contributed by atoms with E-state index < -0.39 is 0 Å². The first-order chi connectivity index (χ1) is 8.52. The molecule has 2 aliphatic rings. The average Bonchev–Trinajstić information content (AvgIpc) is 2.34. The molecule has 0 spiro atoms. The van der Waals surface area contributed by atoms with Gasteiger partial charge in [0, 0.05) is 29.4 Å². The van der Waals surface area contributed by atoms with Gasteiger partial charge in [-0.25, -0.2) is 0 Å². The normalized spacial score (nSPS) is 30.9. The first-order valence-electron chi connectivity index (χ1n) is 6.57. The minimum Gasteiger partial charge on any atom is -0.342 e. The van der Waals surface area contributed by atoms with E-state index in [2.05, 4.69) is 41.1 Å². The topological polar surface area (TPSA) is 20.3 Å². The number of hydrogen-bond acceptors (Lipinski definition) is 1. The molecule has 2 atom stereocenters. The summed E-state index contributed by atoms with van der Waals surface area (Å²) in [7, 11) is 1.97. The Labute approximate surface area is 116 Å². The molecular formula is C15H18BrNO. The Bertz CT molecular complexity index is 513. The predicted molar refractivity (Wildman–Crippen MR) is 75.6 cm³/mol. The highest BCUT2D eigenvalue weighted by Gasteiger charge is 2.46. The average molecular weight is 308 g/mol. The summed E-state index contributed by atoms with van der Waals surface area (Å²) in [5.74, 6) is 0.304. The van der Waals surface area contributed by atoms with Crippen LogP contribution in [-0.4, -0.2) is 23.9 Å². The number of nitrogens with zero attached hydrogens (tertiary/aromatic N) is 1. The Kier molecular flexibility index (Phi) is 2.77. The maximum Gasteiger partial charge on any atom is 0.222 e. The fourth-order valence-electron chi connectivity index (χ4n) is 3.76. The quantitative estimate of drug-likeness (QED) is 0.720.